The minimum absolute atomic E-state index is 0.0754. The molecule has 29 heavy (non-hydrogen) atoms. The number of ether oxygens (including phenoxy) is 1. The highest BCUT2D eigenvalue weighted by molar-refractivity contribution is 7.10. The summed E-state index contributed by atoms with van der Waals surface area (Å²) in [4.78, 5) is 32.6. The van der Waals surface area contributed by atoms with Gasteiger partial charge in [-0.25, -0.2) is 4.79 Å². The molecule has 1 N–H and O–H groups in total. The van der Waals surface area contributed by atoms with Crippen LogP contribution >= 0.6 is 11.3 Å². The molecule has 9 heteroatoms. The van der Waals surface area contributed by atoms with Crippen molar-refractivity contribution in [2.75, 3.05) is 7.11 Å². The molecule has 1 aliphatic carbocycles. The molecule has 8 nitrogen and oxygen atoms in total. The highest BCUT2D eigenvalue weighted by Crippen LogP contribution is 2.42. The predicted octanol–water partition coefficient (Wildman–Crippen LogP) is 3.09. The molecular weight excluding hydrogens is 392 g/mol. The second-order valence-corrected chi connectivity index (χ2v) is 8.05. The molecule has 3 aromatic rings. The number of amides is 3. The first-order valence-corrected chi connectivity index (χ1v) is 10.2. The normalized spacial score (nSPS) is 20.8. The van der Waals surface area contributed by atoms with E-state index in [0.29, 0.717) is 23.6 Å². The van der Waals surface area contributed by atoms with Crippen LogP contribution in [-0.4, -0.2) is 34.1 Å². The first-order chi connectivity index (χ1) is 14.1. The van der Waals surface area contributed by atoms with Crippen molar-refractivity contribution >= 4 is 23.3 Å². The number of nitrogens with one attached hydrogen (secondary N) is 1. The third-order valence-corrected chi connectivity index (χ3v) is 6.43. The first kappa shape index (κ1) is 17.9. The summed E-state index contributed by atoms with van der Waals surface area (Å²) >= 11 is 1.62. The van der Waals surface area contributed by atoms with Crippen LogP contribution in [0.25, 0.3) is 11.4 Å². The number of urea groups is 1. The number of aryl methyl sites for hydroxylation is 1. The molecule has 1 aromatic carbocycles. The Morgan fingerprint density at radius 2 is 2.17 bits per heavy atom. The van der Waals surface area contributed by atoms with Crippen molar-refractivity contribution in [3.05, 3.63) is 52.0 Å². The zero-order valence-electron chi connectivity index (χ0n) is 15.7. The maximum atomic E-state index is 13.3. The Balaban J connectivity index is 1.42. The zero-order chi connectivity index (χ0) is 20.0. The van der Waals surface area contributed by atoms with Gasteiger partial charge in [0, 0.05) is 10.4 Å². The average Bonchev–Trinajstić information content (AvgIpc) is 3.45. The van der Waals surface area contributed by atoms with E-state index in [2.05, 4.69) is 15.5 Å². The van der Waals surface area contributed by atoms with Gasteiger partial charge in [0.15, 0.2) is 0 Å². The van der Waals surface area contributed by atoms with Crippen molar-refractivity contribution < 1.29 is 18.8 Å². The molecule has 1 fully saturated rings. The lowest BCUT2D eigenvalue weighted by Crippen LogP contribution is -2.46. The van der Waals surface area contributed by atoms with Crippen LogP contribution in [0.4, 0.5) is 4.79 Å². The minimum Gasteiger partial charge on any atom is -0.496 e. The molecule has 3 heterocycles. The van der Waals surface area contributed by atoms with Crippen molar-refractivity contribution in [3.63, 3.8) is 0 Å². The highest BCUT2D eigenvalue weighted by Gasteiger charge is 2.54. The van der Waals surface area contributed by atoms with Crippen molar-refractivity contribution in [3.8, 4) is 17.1 Å². The van der Waals surface area contributed by atoms with Crippen LogP contribution in [0.5, 0.6) is 5.75 Å². The quantitative estimate of drug-likeness (QED) is 0.664. The summed E-state index contributed by atoms with van der Waals surface area (Å²) in [5.41, 5.74) is 0.611. The van der Waals surface area contributed by atoms with E-state index in [1.165, 1.54) is 0 Å². The van der Waals surface area contributed by atoms with E-state index in [-0.39, 0.29) is 18.3 Å². The minimum atomic E-state index is -0.976. The summed E-state index contributed by atoms with van der Waals surface area (Å²) in [6, 6.07) is 8.80. The van der Waals surface area contributed by atoms with Crippen LogP contribution in [0.15, 0.2) is 40.2 Å². The summed E-state index contributed by atoms with van der Waals surface area (Å²) in [6.45, 7) is -0.0754. The Labute approximate surface area is 170 Å². The SMILES string of the molecule is COc1ccccc1-c1noc(CN2C(=O)NC3(CCCc4sccc43)C2=O)n1. The van der Waals surface area contributed by atoms with Crippen molar-refractivity contribution in [1.29, 1.82) is 0 Å². The fraction of sp³-hybridized carbons (Fsp3) is 0.300. The molecule has 1 unspecified atom stereocenters. The molecule has 1 saturated heterocycles. The Kier molecular flexibility index (Phi) is 4.13. The van der Waals surface area contributed by atoms with Gasteiger partial charge in [-0.3, -0.25) is 9.69 Å². The van der Waals surface area contributed by atoms with Gasteiger partial charge in [-0.05, 0) is 42.8 Å². The summed E-state index contributed by atoms with van der Waals surface area (Å²) in [6.07, 6.45) is 2.38. The fourth-order valence-corrected chi connectivity index (χ4v) is 5.08. The Morgan fingerprint density at radius 3 is 3.03 bits per heavy atom. The summed E-state index contributed by atoms with van der Waals surface area (Å²) in [5.74, 6) is 0.879. The number of hydrogen-bond donors (Lipinski definition) is 1. The van der Waals surface area contributed by atoms with Gasteiger partial charge in [0.1, 0.15) is 17.8 Å². The molecule has 0 saturated carbocycles. The molecule has 0 bridgehead atoms. The standard InChI is InChI=1S/C20H18N4O4S/c1-27-14-6-3-2-5-12(14)17-21-16(28-23-17)11-24-18(25)20(22-19(24)26)9-4-7-15-13(20)8-10-29-15/h2-3,5-6,8,10H,4,7,9,11H2,1H3,(H,22,26). The second-order valence-electron chi connectivity index (χ2n) is 7.05. The molecule has 148 valence electrons. The molecule has 2 aromatic heterocycles. The Bertz CT molecular complexity index is 1110. The molecule has 5 rings (SSSR count). The van der Waals surface area contributed by atoms with Gasteiger partial charge in [-0.2, -0.15) is 4.98 Å². The molecule has 0 radical (unpaired) electrons. The highest BCUT2D eigenvalue weighted by atomic mass is 32.1. The number of para-hydroxylation sites is 1. The second kappa shape index (κ2) is 6.70. The van der Waals surface area contributed by atoms with Gasteiger partial charge in [-0.1, -0.05) is 17.3 Å². The van der Waals surface area contributed by atoms with Gasteiger partial charge < -0.3 is 14.6 Å². The third-order valence-electron chi connectivity index (χ3n) is 5.45. The lowest BCUT2D eigenvalue weighted by molar-refractivity contribution is -0.132. The van der Waals surface area contributed by atoms with Crippen LogP contribution in [0.1, 0.15) is 29.2 Å². The summed E-state index contributed by atoms with van der Waals surface area (Å²) < 4.78 is 10.6. The van der Waals surface area contributed by atoms with Crippen LogP contribution < -0.4 is 10.1 Å². The number of imide groups is 1. The molecular formula is C20H18N4O4S. The van der Waals surface area contributed by atoms with Crippen LogP contribution in [0.2, 0.25) is 0 Å². The van der Waals surface area contributed by atoms with Gasteiger partial charge >= 0.3 is 6.03 Å². The van der Waals surface area contributed by atoms with Crippen LogP contribution in [0.3, 0.4) is 0 Å². The number of benzene rings is 1. The van der Waals surface area contributed by atoms with Crippen molar-refractivity contribution in [2.24, 2.45) is 0 Å². The lowest BCUT2D eigenvalue weighted by Gasteiger charge is -2.31. The van der Waals surface area contributed by atoms with E-state index in [9.17, 15) is 9.59 Å². The molecule has 2 aliphatic rings. The maximum absolute atomic E-state index is 13.3. The van der Waals surface area contributed by atoms with E-state index < -0.39 is 11.6 Å². The third kappa shape index (κ3) is 2.72. The monoisotopic (exact) mass is 410 g/mol. The van der Waals surface area contributed by atoms with E-state index in [4.69, 9.17) is 9.26 Å². The number of aromatic nitrogens is 2. The van der Waals surface area contributed by atoms with Gasteiger partial charge in [0.25, 0.3) is 5.91 Å². The molecule has 1 spiro atoms. The van der Waals surface area contributed by atoms with Crippen LogP contribution in [0, 0.1) is 0 Å². The molecule has 1 aliphatic heterocycles. The number of thiophene rings is 1. The summed E-state index contributed by atoms with van der Waals surface area (Å²) in [5, 5.41) is 8.88. The average molecular weight is 410 g/mol. The van der Waals surface area contributed by atoms with Gasteiger partial charge in [0.2, 0.25) is 11.7 Å². The van der Waals surface area contributed by atoms with E-state index >= 15 is 0 Å². The number of methoxy groups -OCH3 is 1. The van der Waals surface area contributed by atoms with Gasteiger partial charge in [0.05, 0.1) is 12.7 Å². The summed E-state index contributed by atoms with van der Waals surface area (Å²) in [7, 11) is 1.56. The predicted molar refractivity (Wildman–Crippen MR) is 104 cm³/mol. The number of carbonyl (C=O) groups excluding carboxylic acids is 2. The number of hydrogen-bond acceptors (Lipinski definition) is 7. The van der Waals surface area contributed by atoms with E-state index in [0.717, 1.165) is 28.2 Å². The number of fused-ring (bicyclic) bond motifs is 2. The maximum Gasteiger partial charge on any atom is 0.325 e. The zero-order valence-corrected chi connectivity index (χ0v) is 16.5. The van der Waals surface area contributed by atoms with Crippen molar-refractivity contribution in [2.45, 2.75) is 31.3 Å². The smallest absolute Gasteiger partial charge is 0.325 e. The fourth-order valence-electron chi connectivity index (χ4n) is 4.08. The first-order valence-electron chi connectivity index (χ1n) is 9.29. The van der Waals surface area contributed by atoms with Crippen LogP contribution in [-0.2, 0) is 23.3 Å². The Morgan fingerprint density at radius 1 is 1.31 bits per heavy atom. The van der Waals surface area contributed by atoms with Crippen molar-refractivity contribution in [1.82, 2.24) is 20.4 Å². The number of rotatable bonds is 4. The van der Waals surface area contributed by atoms with E-state index in [1.807, 2.05) is 29.6 Å². The van der Waals surface area contributed by atoms with Gasteiger partial charge in [-0.15, -0.1) is 11.3 Å². The molecule has 3 amide bonds. The molecule has 1 atom stereocenters. The largest absolute Gasteiger partial charge is 0.496 e. The van der Waals surface area contributed by atoms with E-state index in [1.54, 1.807) is 24.5 Å². The Hall–Kier alpha value is -3.20. The number of nitrogens with zero attached hydrogens (tertiary/aromatic N) is 3. The topological polar surface area (TPSA) is 97.6 Å². The lowest BCUT2D eigenvalue weighted by atomic mass is 9.80. The number of carbonyl (C=O) groups is 2.